The van der Waals surface area contributed by atoms with Crippen LogP contribution >= 0.6 is 0 Å². The van der Waals surface area contributed by atoms with Crippen LogP contribution < -0.4 is 20.1 Å². The summed E-state index contributed by atoms with van der Waals surface area (Å²) < 4.78 is 21.7. The summed E-state index contributed by atoms with van der Waals surface area (Å²) in [7, 11) is 2.93. The predicted octanol–water partition coefficient (Wildman–Crippen LogP) is 3.06. The molecule has 12 nitrogen and oxygen atoms in total. The van der Waals surface area contributed by atoms with Crippen LogP contribution in [-0.2, 0) is 19.1 Å². The molecule has 12 heteroatoms. The zero-order valence-corrected chi connectivity index (χ0v) is 24.6. The van der Waals surface area contributed by atoms with Crippen molar-refractivity contribution in [1.82, 2.24) is 20.6 Å². The maximum atomic E-state index is 12.2. The van der Waals surface area contributed by atoms with E-state index in [-0.39, 0.29) is 30.0 Å². The zero-order valence-electron chi connectivity index (χ0n) is 24.6. The van der Waals surface area contributed by atoms with Gasteiger partial charge in [0.2, 0.25) is 5.88 Å². The number of amides is 1. The molecule has 5 atom stereocenters. The molecule has 42 heavy (non-hydrogen) atoms. The average Bonchev–Trinajstić information content (AvgIpc) is 3.50. The largest absolute Gasteiger partial charge is 0.497 e. The van der Waals surface area contributed by atoms with Crippen LogP contribution in [0, 0.1) is 23.2 Å². The summed E-state index contributed by atoms with van der Waals surface area (Å²) in [6.07, 6.45) is 2.16. The number of rotatable bonds is 10. The monoisotopic (exact) mass is 582 g/mol. The molecule has 0 spiro atoms. The van der Waals surface area contributed by atoms with E-state index in [0.29, 0.717) is 41.9 Å². The van der Waals surface area contributed by atoms with Crippen LogP contribution in [0.4, 0.5) is 4.79 Å². The van der Waals surface area contributed by atoms with E-state index < -0.39 is 29.6 Å². The third-order valence-electron chi connectivity index (χ3n) is 7.27. The molecule has 1 saturated carbocycles. The number of carboxylic acid groups (broad SMARTS) is 1. The molecule has 2 aromatic rings. The molecule has 1 aliphatic heterocycles. The van der Waals surface area contributed by atoms with Gasteiger partial charge in [0.05, 0.1) is 25.3 Å². The number of methoxy groups -OCH3 is 2. The van der Waals surface area contributed by atoms with Gasteiger partial charge >= 0.3 is 18.0 Å². The van der Waals surface area contributed by atoms with Crippen molar-refractivity contribution in [2.45, 2.75) is 77.2 Å². The van der Waals surface area contributed by atoms with Crippen LogP contribution in [0.3, 0.4) is 0 Å². The number of unbranched alkanes of at least 4 members (excludes halogenated alkanes) is 1. The number of alkyl carbamates (subject to hydrolysis) is 1. The topological polar surface area (TPSA) is 158 Å². The number of benzene rings is 1. The fourth-order valence-electron chi connectivity index (χ4n) is 4.79. The summed E-state index contributed by atoms with van der Waals surface area (Å²) >= 11 is 0. The van der Waals surface area contributed by atoms with Crippen LogP contribution in [0.1, 0.15) is 58.6 Å². The van der Waals surface area contributed by atoms with E-state index in [0.717, 1.165) is 19.3 Å². The van der Waals surface area contributed by atoms with Crippen molar-refractivity contribution in [3.8, 4) is 23.5 Å². The Kier molecular flexibility index (Phi) is 9.73. The highest BCUT2D eigenvalue weighted by atomic mass is 16.6. The van der Waals surface area contributed by atoms with Gasteiger partial charge in [0.25, 0.3) is 0 Å². The van der Waals surface area contributed by atoms with Gasteiger partial charge in [0.15, 0.2) is 5.69 Å². The summed E-state index contributed by atoms with van der Waals surface area (Å²) in [5.74, 6) is 5.97. The summed E-state index contributed by atoms with van der Waals surface area (Å²) in [6, 6.07) is 3.91. The van der Waals surface area contributed by atoms with Crippen molar-refractivity contribution >= 4 is 29.1 Å². The van der Waals surface area contributed by atoms with Gasteiger partial charge < -0.3 is 34.7 Å². The second kappa shape index (κ2) is 13.2. The Balaban J connectivity index is 1.33. The average molecular weight is 583 g/mol. The first-order valence-corrected chi connectivity index (χ1v) is 14.0. The minimum atomic E-state index is -1.10. The van der Waals surface area contributed by atoms with Crippen LogP contribution in [0.15, 0.2) is 18.2 Å². The van der Waals surface area contributed by atoms with E-state index in [1.807, 2.05) is 6.07 Å². The number of fused-ring (bicyclic) bond motifs is 1. The van der Waals surface area contributed by atoms with E-state index in [1.54, 1.807) is 40.0 Å². The lowest BCUT2D eigenvalue weighted by Gasteiger charge is -2.27. The maximum Gasteiger partial charge on any atom is 0.408 e. The van der Waals surface area contributed by atoms with E-state index in [1.165, 1.54) is 7.11 Å². The Bertz CT molecular complexity index is 1380. The van der Waals surface area contributed by atoms with Crippen molar-refractivity contribution in [2.75, 3.05) is 20.8 Å². The lowest BCUT2D eigenvalue weighted by molar-refractivity contribution is -0.143. The molecule has 1 aromatic heterocycles. The van der Waals surface area contributed by atoms with Crippen molar-refractivity contribution in [2.24, 2.45) is 11.3 Å². The first kappa shape index (κ1) is 30.8. The molecular weight excluding hydrogens is 544 g/mol. The summed E-state index contributed by atoms with van der Waals surface area (Å²) in [6.45, 7) is 5.69. The second-order valence-corrected chi connectivity index (χ2v) is 11.6. The van der Waals surface area contributed by atoms with E-state index in [2.05, 4.69) is 32.4 Å². The minimum absolute atomic E-state index is 0.218. The van der Waals surface area contributed by atoms with E-state index >= 15 is 0 Å². The fraction of sp³-hybridized carbons (Fsp3) is 0.567. The molecule has 2 fully saturated rings. The molecule has 1 unspecified atom stereocenters. The van der Waals surface area contributed by atoms with Crippen molar-refractivity contribution in [1.29, 1.82) is 0 Å². The second-order valence-electron chi connectivity index (χ2n) is 11.6. The number of aliphatic carboxylic acids is 1. The molecule has 2 aliphatic rings. The lowest BCUT2D eigenvalue weighted by atomic mass is 9.87. The number of nitrogens with one attached hydrogen (secondary N) is 2. The molecular formula is C30H38N4O8. The Morgan fingerprint density at radius 3 is 2.64 bits per heavy atom. The summed E-state index contributed by atoms with van der Waals surface area (Å²) in [5.41, 5.74) is 1.02. The fourth-order valence-corrected chi connectivity index (χ4v) is 4.79. The highest BCUT2D eigenvalue weighted by molar-refractivity contribution is 5.81. The van der Waals surface area contributed by atoms with Crippen LogP contribution in [-0.4, -0.2) is 78.2 Å². The Hall–Kier alpha value is -4.11. The molecule has 1 aromatic carbocycles. The Morgan fingerprint density at radius 1 is 1.17 bits per heavy atom. The quantitative estimate of drug-likeness (QED) is 0.215. The number of ether oxygens (including phenoxy) is 4. The third-order valence-corrected chi connectivity index (χ3v) is 7.27. The number of carbonyl (C=O) groups is 3. The van der Waals surface area contributed by atoms with E-state index in [9.17, 15) is 19.5 Å². The molecule has 2 heterocycles. The molecule has 1 amide bonds. The molecule has 0 bridgehead atoms. The Labute approximate surface area is 244 Å². The number of hydrogen-bond donors (Lipinski definition) is 3. The molecule has 4 rings (SSSR count). The van der Waals surface area contributed by atoms with Crippen molar-refractivity contribution in [3.63, 3.8) is 0 Å². The first-order chi connectivity index (χ1) is 20.0. The first-order valence-electron chi connectivity index (χ1n) is 14.0. The normalized spacial score (nSPS) is 21.9. The predicted molar refractivity (Wildman–Crippen MR) is 152 cm³/mol. The minimum Gasteiger partial charge on any atom is -0.497 e. The van der Waals surface area contributed by atoms with Gasteiger partial charge in [-0.05, 0) is 48.6 Å². The number of carboxylic acids is 1. The Morgan fingerprint density at radius 2 is 1.95 bits per heavy atom. The van der Waals surface area contributed by atoms with Gasteiger partial charge in [-0.25, -0.2) is 19.6 Å². The molecule has 226 valence electrons. The van der Waals surface area contributed by atoms with Crippen molar-refractivity contribution < 1.29 is 38.4 Å². The maximum absolute atomic E-state index is 12.2. The van der Waals surface area contributed by atoms with Crippen LogP contribution in [0.25, 0.3) is 11.0 Å². The molecule has 3 N–H and O–H groups in total. The number of aromatic nitrogens is 2. The zero-order chi connectivity index (χ0) is 30.4. The highest BCUT2D eigenvalue weighted by Crippen LogP contribution is 2.38. The summed E-state index contributed by atoms with van der Waals surface area (Å²) in [4.78, 5) is 44.9. The van der Waals surface area contributed by atoms with Crippen molar-refractivity contribution in [3.05, 3.63) is 23.9 Å². The number of nitrogens with zero attached hydrogens (tertiary/aromatic N) is 2. The molecule has 1 aliphatic carbocycles. The standard InChI is InChI=1S/C30H38N4O8/c1-30(2,3)25(27(35)36)34-29(38)42-24-13-17(24)9-7-6-8-10-21-26(41-19-15-23(31-16-19)28(37)40-5)33-22-14-18(39-4)11-12-20(22)32-21/h11-12,14,17,19,23-25,31H,6-7,9,13,15-16H2,1-5H3,(H,34,38)(H,35,36)/t17-,19-,23+,24?,25-/m1/s1. The van der Waals surface area contributed by atoms with Gasteiger partial charge in [-0.1, -0.05) is 26.7 Å². The number of esters is 1. The molecule has 0 radical (unpaired) electrons. The van der Waals surface area contributed by atoms with Gasteiger partial charge in [0.1, 0.15) is 30.0 Å². The number of carbonyl (C=O) groups excluding carboxylic acids is 2. The molecule has 1 saturated heterocycles. The van der Waals surface area contributed by atoms with Gasteiger partial charge in [-0.3, -0.25) is 4.79 Å². The third kappa shape index (κ3) is 8.00. The summed E-state index contributed by atoms with van der Waals surface area (Å²) in [5, 5.41) is 14.9. The SMILES string of the molecule is COC(=O)[C@@H]1C[C@@H](Oc2nc3cc(OC)ccc3nc2C#CCCC[C@@H]2CC2OC(=O)N[C@H](C(=O)O)C(C)(C)C)CN1. The van der Waals surface area contributed by atoms with Crippen LogP contribution in [0.2, 0.25) is 0 Å². The highest BCUT2D eigenvalue weighted by Gasteiger charge is 2.41. The van der Waals surface area contributed by atoms with Gasteiger partial charge in [-0.15, -0.1) is 0 Å². The number of hydrogen-bond acceptors (Lipinski definition) is 10. The van der Waals surface area contributed by atoms with E-state index in [4.69, 9.17) is 18.9 Å². The smallest absolute Gasteiger partial charge is 0.408 e. The van der Waals surface area contributed by atoms with Gasteiger partial charge in [-0.2, -0.15) is 0 Å². The van der Waals surface area contributed by atoms with Gasteiger partial charge in [0, 0.05) is 25.5 Å². The van der Waals surface area contributed by atoms with Crippen LogP contribution in [0.5, 0.6) is 11.6 Å². The lowest BCUT2D eigenvalue weighted by Crippen LogP contribution is -2.49.